The van der Waals surface area contributed by atoms with Gasteiger partial charge in [0.1, 0.15) is 5.15 Å². The molecule has 0 amide bonds. The summed E-state index contributed by atoms with van der Waals surface area (Å²) < 4.78 is 2.07. The van der Waals surface area contributed by atoms with E-state index in [0.29, 0.717) is 22.1 Å². The molecule has 0 N–H and O–H groups in total. The van der Waals surface area contributed by atoms with Gasteiger partial charge in [0.2, 0.25) is 0 Å². The Balaban J connectivity index is 2.21. The minimum atomic E-state index is 0.322. The molecule has 5 heteroatoms. The van der Waals surface area contributed by atoms with Crippen molar-refractivity contribution in [2.45, 2.75) is 57.9 Å². The predicted molar refractivity (Wildman–Crippen MR) is 83.8 cm³/mol. The molecular formula is C15H19Cl2N3. The second-order valence-electron chi connectivity index (χ2n) is 5.90. The lowest BCUT2D eigenvalue weighted by Crippen LogP contribution is -2.14. The van der Waals surface area contributed by atoms with Crippen molar-refractivity contribution in [3.63, 3.8) is 0 Å². The summed E-state index contributed by atoms with van der Waals surface area (Å²) in [5.74, 6) is 0.322. The van der Waals surface area contributed by atoms with Crippen molar-refractivity contribution in [1.29, 1.82) is 0 Å². The van der Waals surface area contributed by atoms with Gasteiger partial charge in [-0.15, -0.1) is 0 Å². The molecule has 0 unspecified atom stereocenters. The third-order valence-electron chi connectivity index (χ3n) is 4.08. The van der Waals surface area contributed by atoms with Crippen LogP contribution in [0.3, 0.4) is 0 Å². The molecule has 108 valence electrons. The van der Waals surface area contributed by atoms with Gasteiger partial charge in [0.15, 0.2) is 5.65 Å². The molecule has 0 aliphatic heterocycles. The smallest absolute Gasteiger partial charge is 0.161 e. The molecule has 1 fully saturated rings. The van der Waals surface area contributed by atoms with Crippen LogP contribution in [-0.2, 0) is 0 Å². The lowest BCUT2D eigenvalue weighted by Gasteiger charge is -2.22. The third-order valence-corrected chi connectivity index (χ3v) is 4.57. The van der Waals surface area contributed by atoms with Crippen molar-refractivity contribution >= 4 is 34.2 Å². The van der Waals surface area contributed by atoms with Gasteiger partial charge in [0, 0.05) is 0 Å². The minimum absolute atomic E-state index is 0.322. The molecule has 0 saturated heterocycles. The molecule has 1 aliphatic carbocycles. The second-order valence-corrected chi connectivity index (χ2v) is 6.70. The molecule has 1 aliphatic rings. The van der Waals surface area contributed by atoms with E-state index in [9.17, 15) is 0 Å². The number of fused-ring (bicyclic) bond motifs is 1. The van der Waals surface area contributed by atoms with E-state index in [1.54, 1.807) is 6.07 Å². The van der Waals surface area contributed by atoms with Gasteiger partial charge in [-0.1, -0.05) is 56.3 Å². The Morgan fingerprint density at radius 3 is 2.55 bits per heavy atom. The summed E-state index contributed by atoms with van der Waals surface area (Å²) in [6.07, 6.45) is 6.18. The van der Waals surface area contributed by atoms with Gasteiger partial charge in [0.05, 0.1) is 22.1 Å². The standard InChI is InChI=1S/C15H19Cl2N3/c1-9(2)14-13-11(16)8-12(17)18-15(13)20(19-14)10-6-4-3-5-7-10/h8-10H,3-7H2,1-2H3. The Morgan fingerprint density at radius 1 is 1.20 bits per heavy atom. The fourth-order valence-corrected chi connectivity index (χ4v) is 3.60. The van der Waals surface area contributed by atoms with Crippen molar-refractivity contribution in [3.05, 3.63) is 21.9 Å². The average molecular weight is 312 g/mol. The number of hydrogen-bond acceptors (Lipinski definition) is 2. The molecule has 3 rings (SSSR count). The van der Waals surface area contributed by atoms with Gasteiger partial charge in [-0.25, -0.2) is 9.67 Å². The Bertz CT molecular complexity index is 628. The molecule has 20 heavy (non-hydrogen) atoms. The highest BCUT2D eigenvalue weighted by molar-refractivity contribution is 6.37. The van der Waals surface area contributed by atoms with Gasteiger partial charge in [-0.2, -0.15) is 5.10 Å². The summed E-state index contributed by atoms with van der Waals surface area (Å²) >= 11 is 12.5. The molecule has 2 aromatic rings. The van der Waals surface area contributed by atoms with E-state index in [2.05, 4.69) is 23.5 Å². The summed E-state index contributed by atoms with van der Waals surface area (Å²) in [5.41, 5.74) is 1.87. The van der Waals surface area contributed by atoms with Crippen LogP contribution >= 0.6 is 23.2 Å². The van der Waals surface area contributed by atoms with Crippen molar-refractivity contribution in [2.24, 2.45) is 0 Å². The van der Waals surface area contributed by atoms with Gasteiger partial charge < -0.3 is 0 Å². The van der Waals surface area contributed by atoms with Crippen LogP contribution in [0.25, 0.3) is 11.0 Å². The van der Waals surface area contributed by atoms with E-state index in [1.807, 2.05) is 0 Å². The van der Waals surface area contributed by atoms with Crippen molar-refractivity contribution in [3.8, 4) is 0 Å². The van der Waals surface area contributed by atoms with E-state index in [4.69, 9.17) is 28.3 Å². The maximum atomic E-state index is 6.39. The number of halogens is 2. The predicted octanol–water partition coefficient (Wildman–Crippen LogP) is 5.37. The summed E-state index contributed by atoms with van der Waals surface area (Å²) in [4.78, 5) is 4.50. The van der Waals surface area contributed by atoms with E-state index < -0.39 is 0 Å². The van der Waals surface area contributed by atoms with Crippen LogP contribution in [0.4, 0.5) is 0 Å². The molecular weight excluding hydrogens is 293 g/mol. The van der Waals surface area contributed by atoms with Gasteiger partial charge in [0.25, 0.3) is 0 Å². The topological polar surface area (TPSA) is 30.7 Å². The SMILES string of the molecule is CC(C)c1nn(C2CCCCC2)c2nc(Cl)cc(Cl)c12. The van der Waals surface area contributed by atoms with E-state index in [0.717, 1.165) is 16.7 Å². The van der Waals surface area contributed by atoms with Crippen LogP contribution < -0.4 is 0 Å². The third kappa shape index (κ3) is 2.42. The fraction of sp³-hybridized carbons (Fsp3) is 0.600. The average Bonchev–Trinajstić information content (AvgIpc) is 2.79. The van der Waals surface area contributed by atoms with Crippen molar-refractivity contribution in [1.82, 2.24) is 14.8 Å². The monoisotopic (exact) mass is 311 g/mol. The highest BCUT2D eigenvalue weighted by Gasteiger charge is 2.24. The first-order valence-corrected chi connectivity index (χ1v) is 8.07. The molecule has 0 aromatic carbocycles. The number of pyridine rings is 1. The molecule has 3 nitrogen and oxygen atoms in total. The molecule has 1 saturated carbocycles. The van der Waals surface area contributed by atoms with Gasteiger partial charge >= 0.3 is 0 Å². The Labute approximate surface area is 129 Å². The fourth-order valence-electron chi connectivity index (χ4n) is 3.07. The summed E-state index contributed by atoms with van der Waals surface area (Å²) in [5, 5.41) is 6.89. The van der Waals surface area contributed by atoms with Crippen LogP contribution in [0, 0.1) is 0 Å². The van der Waals surface area contributed by atoms with Crippen LogP contribution in [0.1, 0.15) is 63.6 Å². The van der Waals surface area contributed by atoms with E-state index >= 15 is 0 Å². The maximum Gasteiger partial charge on any atom is 0.161 e. The summed E-state index contributed by atoms with van der Waals surface area (Å²) in [7, 11) is 0. The summed E-state index contributed by atoms with van der Waals surface area (Å²) in [6, 6.07) is 2.14. The lowest BCUT2D eigenvalue weighted by atomic mass is 9.96. The van der Waals surface area contributed by atoms with Crippen molar-refractivity contribution in [2.75, 3.05) is 0 Å². The number of nitrogens with zero attached hydrogens (tertiary/aromatic N) is 3. The molecule has 0 bridgehead atoms. The molecule has 0 atom stereocenters. The summed E-state index contributed by atoms with van der Waals surface area (Å²) in [6.45, 7) is 4.27. The van der Waals surface area contributed by atoms with Crippen LogP contribution in [-0.4, -0.2) is 14.8 Å². The largest absolute Gasteiger partial charge is 0.244 e. The van der Waals surface area contributed by atoms with E-state index in [1.165, 1.54) is 32.1 Å². The second kappa shape index (κ2) is 5.53. The first kappa shape index (κ1) is 14.2. The molecule has 0 radical (unpaired) electrons. The maximum absolute atomic E-state index is 6.39. The van der Waals surface area contributed by atoms with Gasteiger partial charge in [-0.3, -0.25) is 0 Å². The first-order valence-electron chi connectivity index (χ1n) is 7.32. The Kier molecular flexibility index (Phi) is 3.91. The highest BCUT2D eigenvalue weighted by atomic mass is 35.5. The molecule has 2 aromatic heterocycles. The number of hydrogen-bond donors (Lipinski definition) is 0. The Hall–Kier alpha value is -0.800. The van der Waals surface area contributed by atoms with Crippen molar-refractivity contribution < 1.29 is 0 Å². The lowest BCUT2D eigenvalue weighted by molar-refractivity contribution is 0.334. The zero-order valence-electron chi connectivity index (χ0n) is 11.9. The Morgan fingerprint density at radius 2 is 1.90 bits per heavy atom. The molecule has 0 spiro atoms. The van der Waals surface area contributed by atoms with Crippen LogP contribution in [0.15, 0.2) is 6.07 Å². The normalized spacial score (nSPS) is 17.2. The van der Waals surface area contributed by atoms with Crippen LogP contribution in [0.2, 0.25) is 10.2 Å². The highest BCUT2D eigenvalue weighted by Crippen LogP contribution is 2.36. The molecule has 2 heterocycles. The van der Waals surface area contributed by atoms with Crippen LogP contribution in [0.5, 0.6) is 0 Å². The van der Waals surface area contributed by atoms with E-state index in [-0.39, 0.29) is 0 Å². The zero-order chi connectivity index (χ0) is 14.3. The number of rotatable bonds is 2. The van der Waals surface area contributed by atoms with Gasteiger partial charge in [-0.05, 0) is 24.8 Å². The minimum Gasteiger partial charge on any atom is -0.244 e. The first-order chi connectivity index (χ1) is 9.58. The zero-order valence-corrected chi connectivity index (χ0v) is 13.4. The number of aromatic nitrogens is 3. The quantitative estimate of drug-likeness (QED) is 0.698.